The van der Waals surface area contributed by atoms with E-state index in [4.69, 9.17) is 5.73 Å². The second-order valence-corrected chi connectivity index (χ2v) is 8.06. The molecule has 0 atom stereocenters. The van der Waals surface area contributed by atoms with Crippen LogP contribution in [0.1, 0.15) is 48.7 Å². The van der Waals surface area contributed by atoms with Crippen molar-refractivity contribution in [2.45, 2.75) is 38.6 Å². The lowest BCUT2D eigenvalue weighted by Crippen LogP contribution is -2.40. The number of pyridine rings is 1. The van der Waals surface area contributed by atoms with Crippen LogP contribution < -0.4 is 11.1 Å². The molecule has 7 heteroatoms. The van der Waals surface area contributed by atoms with Crippen molar-refractivity contribution in [1.82, 2.24) is 10.3 Å². The van der Waals surface area contributed by atoms with Gasteiger partial charge in [-0.1, -0.05) is 13.8 Å². The monoisotopic (exact) mass is 311 g/mol. The van der Waals surface area contributed by atoms with E-state index in [9.17, 15) is 13.2 Å². The molecular weight excluding hydrogens is 290 g/mol. The number of hydrogen-bond donors (Lipinski definition) is 2. The number of aromatic nitrogens is 1. The Kier molecular flexibility index (Phi) is 4.51. The predicted octanol–water partition coefficient (Wildman–Crippen LogP) is 1.09. The normalized spacial score (nSPS) is 18.6. The molecule has 6 nitrogen and oxygen atoms in total. The molecule has 1 aromatic rings. The summed E-state index contributed by atoms with van der Waals surface area (Å²) in [6, 6.07) is 3.18. The third kappa shape index (κ3) is 4.17. The van der Waals surface area contributed by atoms with E-state index in [-0.39, 0.29) is 29.4 Å². The molecule has 2 heterocycles. The molecule has 1 aromatic heterocycles. The van der Waals surface area contributed by atoms with Gasteiger partial charge < -0.3 is 11.1 Å². The minimum absolute atomic E-state index is 0.0992. The Balaban J connectivity index is 2.07. The van der Waals surface area contributed by atoms with Gasteiger partial charge in [-0.3, -0.25) is 4.79 Å². The van der Waals surface area contributed by atoms with Crippen molar-refractivity contribution in [2.75, 3.05) is 17.2 Å². The average Bonchev–Trinajstić information content (AvgIpc) is 2.40. The van der Waals surface area contributed by atoms with E-state index in [1.807, 2.05) is 13.8 Å². The van der Waals surface area contributed by atoms with Crippen molar-refractivity contribution in [1.29, 1.82) is 0 Å². The van der Waals surface area contributed by atoms with E-state index in [0.29, 0.717) is 24.2 Å². The summed E-state index contributed by atoms with van der Waals surface area (Å²) in [7, 11) is -2.92. The van der Waals surface area contributed by atoms with Gasteiger partial charge in [0.25, 0.3) is 5.91 Å². The molecule has 0 unspecified atom stereocenters. The molecule has 1 saturated heterocycles. The van der Waals surface area contributed by atoms with Gasteiger partial charge in [0, 0.05) is 17.3 Å². The summed E-state index contributed by atoms with van der Waals surface area (Å²) in [4.78, 5) is 16.5. The Hall–Kier alpha value is -1.63. The van der Waals surface area contributed by atoms with Crippen LogP contribution in [-0.2, 0) is 9.84 Å². The number of nitrogen functional groups attached to an aromatic ring is 1. The Morgan fingerprint density at radius 2 is 1.95 bits per heavy atom. The van der Waals surface area contributed by atoms with Gasteiger partial charge in [-0.25, -0.2) is 13.4 Å². The zero-order chi connectivity index (χ0) is 15.6. The highest BCUT2D eigenvalue weighted by molar-refractivity contribution is 7.91. The Labute approximate surface area is 125 Å². The zero-order valence-corrected chi connectivity index (χ0v) is 13.1. The van der Waals surface area contributed by atoms with Crippen LogP contribution in [0, 0.1) is 0 Å². The summed E-state index contributed by atoms with van der Waals surface area (Å²) in [6.07, 6.45) is 0.928. The maximum atomic E-state index is 12.3. The number of anilines is 1. The van der Waals surface area contributed by atoms with E-state index in [1.54, 1.807) is 12.1 Å². The number of carbonyl (C=O) groups is 1. The highest BCUT2D eigenvalue weighted by Crippen LogP contribution is 2.17. The van der Waals surface area contributed by atoms with Crippen LogP contribution in [0.15, 0.2) is 12.1 Å². The zero-order valence-electron chi connectivity index (χ0n) is 12.3. The van der Waals surface area contributed by atoms with Gasteiger partial charge in [0.2, 0.25) is 0 Å². The fourth-order valence-corrected chi connectivity index (χ4v) is 3.80. The third-order valence-corrected chi connectivity index (χ3v) is 5.32. The van der Waals surface area contributed by atoms with Gasteiger partial charge in [0.1, 0.15) is 15.7 Å². The molecule has 1 fully saturated rings. The molecule has 2 rings (SSSR count). The number of nitrogens with zero attached hydrogens (tertiary/aromatic N) is 1. The number of nitrogens with one attached hydrogen (secondary N) is 1. The van der Waals surface area contributed by atoms with Crippen molar-refractivity contribution in [3.8, 4) is 0 Å². The minimum atomic E-state index is -2.92. The van der Waals surface area contributed by atoms with Gasteiger partial charge in [-0.15, -0.1) is 0 Å². The van der Waals surface area contributed by atoms with Gasteiger partial charge >= 0.3 is 0 Å². The number of amides is 1. The fourth-order valence-electron chi connectivity index (χ4n) is 2.30. The van der Waals surface area contributed by atoms with E-state index in [2.05, 4.69) is 10.3 Å². The van der Waals surface area contributed by atoms with Crippen molar-refractivity contribution in [2.24, 2.45) is 0 Å². The molecule has 1 aliphatic rings. The standard InChI is InChI=1S/C14H21N3O3S/c1-9(2)12-7-10(8-13(15)17-12)14(18)16-11-3-5-21(19,20)6-4-11/h7-9,11H,3-6H2,1-2H3,(H2,15,17)(H,16,18). The predicted molar refractivity (Wildman–Crippen MR) is 81.9 cm³/mol. The minimum Gasteiger partial charge on any atom is -0.384 e. The molecule has 21 heavy (non-hydrogen) atoms. The summed E-state index contributed by atoms with van der Waals surface area (Å²) in [5.41, 5.74) is 6.97. The first-order chi connectivity index (χ1) is 9.77. The van der Waals surface area contributed by atoms with E-state index in [0.717, 1.165) is 5.69 Å². The number of rotatable bonds is 3. The summed E-state index contributed by atoms with van der Waals surface area (Å²) in [6.45, 7) is 3.96. The molecule has 0 aromatic carbocycles. The van der Waals surface area contributed by atoms with Gasteiger partial charge in [0.15, 0.2) is 0 Å². The van der Waals surface area contributed by atoms with Gasteiger partial charge in [0.05, 0.1) is 11.5 Å². The Bertz CT molecular complexity index is 627. The third-order valence-electron chi connectivity index (χ3n) is 3.61. The average molecular weight is 311 g/mol. The number of hydrogen-bond acceptors (Lipinski definition) is 5. The maximum absolute atomic E-state index is 12.3. The second kappa shape index (κ2) is 6.01. The van der Waals surface area contributed by atoms with Crippen LogP contribution in [-0.4, -0.2) is 36.9 Å². The second-order valence-electron chi connectivity index (χ2n) is 5.76. The molecule has 0 radical (unpaired) electrons. The van der Waals surface area contributed by atoms with Crippen LogP contribution in [0.25, 0.3) is 0 Å². The van der Waals surface area contributed by atoms with Crippen molar-refractivity contribution < 1.29 is 13.2 Å². The Morgan fingerprint density at radius 3 is 2.52 bits per heavy atom. The molecule has 0 saturated carbocycles. The highest BCUT2D eigenvalue weighted by atomic mass is 32.2. The Morgan fingerprint density at radius 1 is 1.33 bits per heavy atom. The molecule has 0 bridgehead atoms. The summed E-state index contributed by atoms with van der Waals surface area (Å²) < 4.78 is 22.8. The van der Waals surface area contributed by atoms with Crippen molar-refractivity contribution in [3.05, 3.63) is 23.4 Å². The first-order valence-corrected chi connectivity index (χ1v) is 8.88. The highest BCUT2D eigenvalue weighted by Gasteiger charge is 2.25. The SMILES string of the molecule is CC(C)c1cc(C(=O)NC2CCS(=O)(=O)CC2)cc(N)n1. The number of nitrogens with two attached hydrogens (primary N) is 1. The molecule has 116 valence electrons. The van der Waals surface area contributed by atoms with Gasteiger partial charge in [-0.05, 0) is 30.9 Å². The van der Waals surface area contributed by atoms with Gasteiger partial charge in [-0.2, -0.15) is 0 Å². The largest absolute Gasteiger partial charge is 0.384 e. The molecule has 0 spiro atoms. The summed E-state index contributed by atoms with van der Waals surface area (Å²) in [5.74, 6) is 0.536. The topological polar surface area (TPSA) is 102 Å². The lowest BCUT2D eigenvalue weighted by atomic mass is 10.1. The lowest BCUT2D eigenvalue weighted by Gasteiger charge is -2.23. The smallest absolute Gasteiger partial charge is 0.251 e. The lowest BCUT2D eigenvalue weighted by molar-refractivity contribution is 0.0934. The van der Waals surface area contributed by atoms with Crippen LogP contribution in [0.3, 0.4) is 0 Å². The van der Waals surface area contributed by atoms with Crippen molar-refractivity contribution >= 4 is 21.6 Å². The number of carbonyl (C=O) groups excluding carboxylic acids is 1. The molecule has 3 N–H and O–H groups in total. The maximum Gasteiger partial charge on any atom is 0.251 e. The molecule has 0 aliphatic carbocycles. The molecule has 1 amide bonds. The first-order valence-electron chi connectivity index (χ1n) is 7.05. The van der Waals surface area contributed by atoms with E-state index >= 15 is 0 Å². The molecular formula is C14H21N3O3S. The summed E-state index contributed by atoms with van der Waals surface area (Å²) >= 11 is 0. The van der Waals surface area contributed by atoms with Crippen LogP contribution >= 0.6 is 0 Å². The fraction of sp³-hybridized carbons (Fsp3) is 0.571. The first kappa shape index (κ1) is 15.8. The molecule has 1 aliphatic heterocycles. The van der Waals surface area contributed by atoms with Crippen LogP contribution in [0.2, 0.25) is 0 Å². The van der Waals surface area contributed by atoms with Crippen LogP contribution in [0.5, 0.6) is 0 Å². The quantitative estimate of drug-likeness (QED) is 0.870. The number of sulfone groups is 1. The van der Waals surface area contributed by atoms with Crippen molar-refractivity contribution in [3.63, 3.8) is 0 Å². The summed E-state index contributed by atoms with van der Waals surface area (Å²) in [5, 5.41) is 2.88. The van der Waals surface area contributed by atoms with Crippen LogP contribution in [0.4, 0.5) is 5.82 Å². The van der Waals surface area contributed by atoms with E-state index in [1.165, 1.54) is 0 Å². The van der Waals surface area contributed by atoms with E-state index < -0.39 is 9.84 Å².